The van der Waals surface area contributed by atoms with Gasteiger partial charge in [-0.3, -0.25) is 0 Å². The highest BCUT2D eigenvalue weighted by atomic mass is 19.4. The minimum Gasteiger partial charge on any atom is -0.303 e. The third-order valence-corrected chi connectivity index (χ3v) is 3.21. The fourth-order valence-electron chi connectivity index (χ4n) is 2.25. The smallest absolute Gasteiger partial charge is 0.303 e. The van der Waals surface area contributed by atoms with Crippen molar-refractivity contribution in [3.8, 4) is 0 Å². The summed E-state index contributed by atoms with van der Waals surface area (Å²) >= 11 is 0. The molecule has 1 nitrogen and oxygen atoms in total. The van der Waals surface area contributed by atoms with Crippen molar-refractivity contribution in [3.05, 3.63) is 76.9 Å². The predicted octanol–water partition coefficient (Wildman–Crippen LogP) is 4.92. The molecule has 0 N–H and O–H groups in total. The molecule has 23 heavy (non-hydrogen) atoms. The lowest BCUT2D eigenvalue weighted by atomic mass is 9.90. The number of rotatable bonds is 4. The summed E-state index contributed by atoms with van der Waals surface area (Å²) in [6.07, 6.45) is -5.84. The van der Waals surface area contributed by atoms with Gasteiger partial charge in [-0.05, 0) is 17.7 Å². The fraction of sp³-hybridized carbons (Fsp3) is 0.118. The Morgan fingerprint density at radius 3 is 1.96 bits per heavy atom. The van der Waals surface area contributed by atoms with Gasteiger partial charge in [-0.25, -0.2) is 8.78 Å². The van der Waals surface area contributed by atoms with Crippen LogP contribution in [0.15, 0.2) is 54.1 Å². The molecule has 0 aliphatic rings. The van der Waals surface area contributed by atoms with E-state index in [1.165, 1.54) is 24.3 Å². The molecule has 120 valence electrons. The normalized spacial score (nSPS) is 12.7. The molecule has 0 heterocycles. The van der Waals surface area contributed by atoms with E-state index >= 15 is 0 Å². The Bertz CT molecular complexity index is 712. The topological polar surface area (TPSA) is 17.1 Å². The Morgan fingerprint density at radius 1 is 0.913 bits per heavy atom. The summed E-state index contributed by atoms with van der Waals surface area (Å²) in [5.41, 5.74) is -2.78. The summed E-state index contributed by atoms with van der Waals surface area (Å²) < 4.78 is 68.1. The fourth-order valence-corrected chi connectivity index (χ4v) is 2.25. The van der Waals surface area contributed by atoms with E-state index in [1.807, 2.05) is 0 Å². The number of alkyl halides is 3. The summed E-state index contributed by atoms with van der Waals surface area (Å²) in [7, 11) is 0. The van der Waals surface area contributed by atoms with E-state index in [0.717, 1.165) is 18.2 Å². The number of carbonyl (C=O) groups is 1. The lowest BCUT2D eigenvalue weighted by Gasteiger charge is -2.18. The first-order chi connectivity index (χ1) is 10.9. The van der Waals surface area contributed by atoms with Crippen LogP contribution in [0.3, 0.4) is 0 Å². The van der Waals surface area contributed by atoms with Crippen molar-refractivity contribution in [1.29, 1.82) is 0 Å². The molecule has 0 aliphatic heterocycles. The number of carbonyl (C=O) groups excluding carboxylic acids is 1. The van der Waals surface area contributed by atoms with Gasteiger partial charge in [-0.1, -0.05) is 36.4 Å². The number of hydrogen-bond donors (Lipinski definition) is 0. The lowest BCUT2D eigenvalue weighted by molar-refractivity contribution is -0.113. The Morgan fingerprint density at radius 2 is 1.48 bits per heavy atom. The van der Waals surface area contributed by atoms with E-state index < -0.39 is 40.9 Å². The predicted molar refractivity (Wildman–Crippen MR) is 75.6 cm³/mol. The number of benzene rings is 2. The monoisotopic (exact) mass is 326 g/mol. The van der Waals surface area contributed by atoms with Gasteiger partial charge < -0.3 is 4.79 Å². The highest BCUT2D eigenvalue weighted by Crippen LogP contribution is 2.39. The van der Waals surface area contributed by atoms with Gasteiger partial charge in [-0.15, -0.1) is 0 Å². The van der Waals surface area contributed by atoms with E-state index in [1.54, 1.807) is 6.07 Å². The summed E-state index contributed by atoms with van der Waals surface area (Å²) in [4.78, 5) is 10.7. The largest absolute Gasteiger partial charge is 0.413 e. The van der Waals surface area contributed by atoms with Crippen LogP contribution in [0.2, 0.25) is 0 Å². The van der Waals surface area contributed by atoms with Crippen LogP contribution in [0.4, 0.5) is 22.0 Å². The van der Waals surface area contributed by atoms with Gasteiger partial charge in [0.1, 0.15) is 17.9 Å². The van der Waals surface area contributed by atoms with Crippen molar-refractivity contribution in [1.82, 2.24) is 0 Å². The molecule has 2 aromatic carbocycles. The molecule has 6 heteroatoms. The summed E-state index contributed by atoms with van der Waals surface area (Å²) in [5.74, 6) is -2.26. The average Bonchev–Trinajstić information content (AvgIpc) is 2.49. The molecule has 2 rings (SSSR count). The second-order valence-corrected chi connectivity index (χ2v) is 4.68. The molecule has 0 unspecified atom stereocenters. The Balaban J connectivity index is 2.89. The number of aldehydes is 1. The molecule has 0 fully saturated rings. The van der Waals surface area contributed by atoms with Gasteiger partial charge in [0.15, 0.2) is 0 Å². The number of hydrogen-bond acceptors (Lipinski definition) is 1. The molecular formula is C17H11F5O. The van der Waals surface area contributed by atoms with Crippen LogP contribution in [0, 0.1) is 11.6 Å². The Hall–Kier alpha value is -2.50. The summed E-state index contributed by atoms with van der Waals surface area (Å²) in [5, 5.41) is 0. The second kappa shape index (κ2) is 6.73. The van der Waals surface area contributed by atoms with Crippen LogP contribution in [-0.4, -0.2) is 12.5 Å². The van der Waals surface area contributed by atoms with Crippen molar-refractivity contribution < 1.29 is 26.7 Å². The third-order valence-electron chi connectivity index (χ3n) is 3.21. The minimum atomic E-state index is -4.90. The standard InChI is InChI=1S/C17H11F5O/c18-13-7-4-8-14(19)16(13)15(11-5-2-1-3-6-11)12(9-10-23)17(20,21)22/h1-8,10H,9H2/b15-12+. The SMILES string of the molecule is O=CC/C(=C(/c1ccccc1)c1c(F)cccc1F)C(F)(F)F. The van der Waals surface area contributed by atoms with Gasteiger partial charge in [0, 0.05) is 17.6 Å². The van der Waals surface area contributed by atoms with Crippen molar-refractivity contribution in [3.63, 3.8) is 0 Å². The molecule has 0 radical (unpaired) electrons. The first-order valence-electron chi connectivity index (χ1n) is 6.60. The first-order valence-corrected chi connectivity index (χ1v) is 6.60. The zero-order valence-electron chi connectivity index (χ0n) is 11.7. The van der Waals surface area contributed by atoms with E-state index in [4.69, 9.17) is 0 Å². The van der Waals surface area contributed by atoms with Gasteiger partial charge in [0.05, 0.1) is 5.56 Å². The maximum Gasteiger partial charge on any atom is 0.413 e. The zero-order valence-corrected chi connectivity index (χ0v) is 11.7. The van der Waals surface area contributed by atoms with Crippen LogP contribution < -0.4 is 0 Å². The Kier molecular flexibility index (Phi) is 4.93. The van der Waals surface area contributed by atoms with Gasteiger partial charge in [0.25, 0.3) is 0 Å². The van der Waals surface area contributed by atoms with Crippen LogP contribution in [0.1, 0.15) is 17.5 Å². The number of halogens is 5. The highest BCUT2D eigenvalue weighted by Gasteiger charge is 2.37. The minimum absolute atomic E-state index is 0.0225. The van der Waals surface area contributed by atoms with Gasteiger partial charge in [0.2, 0.25) is 0 Å². The molecule has 0 amide bonds. The van der Waals surface area contributed by atoms with Crippen LogP contribution in [0.25, 0.3) is 5.57 Å². The third kappa shape index (κ3) is 3.64. The molecule has 0 saturated carbocycles. The molecule has 2 aromatic rings. The summed E-state index contributed by atoms with van der Waals surface area (Å²) in [6, 6.07) is 9.86. The van der Waals surface area contributed by atoms with Crippen molar-refractivity contribution >= 4 is 11.9 Å². The lowest BCUT2D eigenvalue weighted by Crippen LogP contribution is -2.16. The van der Waals surface area contributed by atoms with Gasteiger partial charge in [-0.2, -0.15) is 13.2 Å². The summed E-state index contributed by atoms with van der Waals surface area (Å²) in [6.45, 7) is 0. The average molecular weight is 326 g/mol. The number of allylic oxidation sites excluding steroid dienone is 1. The van der Waals surface area contributed by atoms with Gasteiger partial charge >= 0.3 is 6.18 Å². The maximum atomic E-state index is 14.0. The molecular weight excluding hydrogens is 315 g/mol. The molecule has 0 saturated heterocycles. The van der Waals surface area contributed by atoms with E-state index in [0.29, 0.717) is 0 Å². The van der Waals surface area contributed by atoms with E-state index in [9.17, 15) is 26.7 Å². The van der Waals surface area contributed by atoms with Crippen LogP contribution in [0.5, 0.6) is 0 Å². The molecule has 0 spiro atoms. The molecule has 0 aliphatic carbocycles. The zero-order chi connectivity index (χ0) is 17.0. The van der Waals surface area contributed by atoms with Crippen LogP contribution in [-0.2, 0) is 4.79 Å². The van der Waals surface area contributed by atoms with Crippen molar-refractivity contribution in [2.24, 2.45) is 0 Å². The highest BCUT2D eigenvalue weighted by molar-refractivity contribution is 5.85. The van der Waals surface area contributed by atoms with Crippen LogP contribution >= 0.6 is 0 Å². The molecule has 0 aromatic heterocycles. The maximum absolute atomic E-state index is 14.0. The molecule has 0 bridgehead atoms. The quantitative estimate of drug-likeness (QED) is 0.576. The second-order valence-electron chi connectivity index (χ2n) is 4.68. The van der Waals surface area contributed by atoms with Crippen molar-refractivity contribution in [2.75, 3.05) is 0 Å². The molecule has 0 atom stereocenters. The van der Waals surface area contributed by atoms with E-state index in [2.05, 4.69) is 0 Å². The Labute approximate surface area is 129 Å². The van der Waals surface area contributed by atoms with E-state index in [-0.39, 0.29) is 11.8 Å². The first kappa shape index (κ1) is 16.9. The van der Waals surface area contributed by atoms with Crippen molar-refractivity contribution in [2.45, 2.75) is 12.6 Å².